The number of nitrogens with zero attached hydrogens (tertiary/aromatic N) is 2. The van der Waals surface area contributed by atoms with E-state index in [-0.39, 0.29) is 17.9 Å². The molecule has 1 aliphatic heterocycles. The van der Waals surface area contributed by atoms with E-state index in [0.717, 1.165) is 13.0 Å². The molecule has 1 amide bonds. The second-order valence-corrected chi connectivity index (χ2v) is 4.00. The van der Waals surface area contributed by atoms with Gasteiger partial charge in [0.25, 0.3) is 0 Å². The average molecular weight is 215 g/mol. The highest BCUT2D eigenvalue weighted by Crippen LogP contribution is 2.23. The zero-order valence-corrected chi connectivity index (χ0v) is 9.13. The summed E-state index contributed by atoms with van der Waals surface area (Å²) in [5.74, 6) is 0.959. The van der Waals surface area contributed by atoms with Crippen LogP contribution in [0.4, 0.5) is 0 Å². The maximum absolute atomic E-state index is 11.6. The van der Waals surface area contributed by atoms with E-state index in [1.54, 1.807) is 0 Å². The van der Waals surface area contributed by atoms with Crippen LogP contribution in [-0.2, 0) is 4.79 Å². The first-order valence-corrected chi connectivity index (χ1v) is 5.48. The van der Waals surface area contributed by atoms with E-state index < -0.39 is 0 Å². The minimum Gasteiger partial charge on any atom is -0.338 e. The fourth-order valence-electron chi connectivity index (χ4n) is 1.85. The number of likely N-dealkylation sites (tertiary alicyclic amines) is 1. The molecule has 1 rings (SSSR count). The van der Waals surface area contributed by atoms with E-state index in [4.69, 9.17) is 16.9 Å². The summed E-state index contributed by atoms with van der Waals surface area (Å²) in [6.07, 6.45) is 1.82. The van der Waals surface area contributed by atoms with Crippen molar-refractivity contribution in [2.45, 2.75) is 32.2 Å². The molecule has 78 valence electrons. The van der Waals surface area contributed by atoms with Crippen molar-refractivity contribution in [1.29, 1.82) is 5.26 Å². The monoisotopic (exact) mass is 214 g/mol. The second-order valence-electron chi connectivity index (χ2n) is 3.69. The third-order valence-electron chi connectivity index (χ3n) is 2.70. The molecule has 0 saturated carbocycles. The Morgan fingerprint density at radius 3 is 2.93 bits per heavy atom. The predicted molar refractivity (Wildman–Crippen MR) is 54.8 cm³/mol. The van der Waals surface area contributed by atoms with Crippen molar-refractivity contribution in [3.05, 3.63) is 0 Å². The van der Waals surface area contributed by atoms with Crippen molar-refractivity contribution in [2.75, 3.05) is 12.4 Å². The molecule has 0 spiro atoms. The van der Waals surface area contributed by atoms with Crippen LogP contribution in [0, 0.1) is 17.2 Å². The Kier molecular flexibility index (Phi) is 4.21. The van der Waals surface area contributed by atoms with Crippen LogP contribution in [0.3, 0.4) is 0 Å². The summed E-state index contributed by atoms with van der Waals surface area (Å²) in [7, 11) is 0. The van der Waals surface area contributed by atoms with Crippen molar-refractivity contribution in [3.63, 3.8) is 0 Å². The fraction of sp³-hybridized carbons (Fsp3) is 0.800. The lowest BCUT2D eigenvalue weighted by atomic mass is 10.1. The van der Waals surface area contributed by atoms with Crippen molar-refractivity contribution in [1.82, 2.24) is 4.90 Å². The molecular weight excluding hydrogens is 200 g/mol. The number of carbonyl (C=O) groups excluding carboxylic acids is 1. The molecule has 1 saturated heterocycles. The third-order valence-corrected chi connectivity index (χ3v) is 3.13. The van der Waals surface area contributed by atoms with E-state index in [0.29, 0.717) is 18.7 Å². The van der Waals surface area contributed by atoms with Gasteiger partial charge in [-0.05, 0) is 12.3 Å². The number of carbonyl (C=O) groups is 1. The molecule has 2 atom stereocenters. The molecule has 0 aliphatic carbocycles. The molecule has 2 unspecified atom stereocenters. The third kappa shape index (κ3) is 2.39. The van der Waals surface area contributed by atoms with Gasteiger partial charge in [-0.15, -0.1) is 11.6 Å². The van der Waals surface area contributed by atoms with Crippen molar-refractivity contribution in [3.8, 4) is 6.07 Å². The Morgan fingerprint density at radius 2 is 2.50 bits per heavy atom. The first kappa shape index (κ1) is 11.3. The number of hydrogen-bond acceptors (Lipinski definition) is 2. The summed E-state index contributed by atoms with van der Waals surface area (Å²) in [6, 6.07) is 2.21. The van der Waals surface area contributed by atoms with Crippen LogP contribution in [-0.4, -0.2) is 29.3 Å². The molecule has 14 heavy (non-hydrogen) atoms. The van der Waals surface area contributed by atoms with Crippen LogP contribution in [0.15, 0.2) is 0 Å². The Labute approximate surface area is 89.6 Å². The van der Waals surface area contributed by atoms with Gasteiger partial charge in [0, 0.05) is 24.9 Å². The molecule has 0 radical (unpaired) electrons. The highest BCUT2D eigenvalue weighted by atomic mass is 35.5. The summed E-state index contributed by atoms with van der Waals surface area (Å²) < 4.78 is 0. The Hall–Kier alpha value is -0.750. The van der Waals surface area contributed by atoms with Gasteiger partial charge < -0.3 is 4.90 Å². The van der Waals surface area contributed by atoms with E-state index in [2.05, 4.69) is 6.07 Å². The summed E-state index contributed by atoms with van der Waals surface area (Å²) in [4.78, 5) is 13.4. The highest BCUT2D eigenvalue weighted by Gasteiger charge is 2.32. The van der Waals surface area contributed by atoms with Crippen LogP contribution in [0.1, 0.15) is 26.2 Å². The standard InChI is InChI=1S/C10H15ClN2O/c1-2-9(3-4-12)13-7-8(6-11)5-10(13)14/h8-9H,2-3,5-7H2,1H3. The molecule has 0 aromatic carbocycles. The smallest absolute Gasteiger partial charge is 0.223 e. The Bertz CT molecular complexity index is 249. The van der Waals surface area contributed by atoms with E-state index in [1.807, 2.05) is 11.8 Å². The minimum atomic E-state index is 0.0840. The topological polar surface area (TPSA) is 44.1 Å². The molecule has 0 N–H and O–H groups in total. The number of halogens is 1. The van der Waals surface area contributed by atoms with Crippen molar-refractivity contribution < 1.29 is 4.79 Å². The molecule has 4 heteroatoms. The highest BCUT2D eigenvalue weighted by molar-refractivity contribution is 6.18. The first-order chi connectivity index (χ1) is 6.72. The predicted octanol–water partition coefficient (Wildman–Crippen LogP) is 1.77. The van der Waals surface area contributed by atoms with Crippen LogP contribution in [0.25, 0.3) is 0 Å². The number of hydrogen-bond donors (Lipinski definition) is 0. The molecule has 0 aromatic rings. The van der Waals surface area contributed by atoms with Crippen molar-refractivity contribution in [2.24, 2.45) is 5.92 Å². The van der Waals surface area contributed by atoms with Crippen LogP contribution in [0.5, 0.6) is 0 Å². The number of alkyl halides is 1. The Balaban J connectivity index is 2.59. The van der Waals surface area contributed by atoms with Gasteiger partial charge in [-0.25, -0.2) is 0 Å². The zero-order chi connectivity index (χ0) is 10.6. The van der Waals surface area contributed by atoms with Gasteiger partial charge >= 0.3 is 0 Å². The lowest BCUT2D eigenvalue weighted by molar-refractivity contribution is -0.129. The van der Waals surface area contributed by atoms with Crippen LogP contribution in [0.2, 0.25) is 0 Å². The summed E-state index contributed by atoms with van der Waals surface area (Å²) in [5.41, 5.74) is 0. The van der Waals surface area contributed by atoms with Gasteiger partial charge in [-0.2, -0.15) is 5.26 Å². The molecule has 1 fully saturated rings. The lowest BCUT2D eigenvalue weighted by Gasteiger charge is -2.24. The average Bonchev–Trinajstić information content (AvgIpc) is 2.56. The molecular formula is C10H15ClN2O. The van der Waals surface area contributed by atoms with Gasteiger partial charge in [0.05, 0.1) is 12.5 Å². The van der Waals surface area contributed by atoms with E-state index >= 15 is 0 Å². The number of nitriles is 1. The maximum Gasteiger partial charge on any atom is 0.223 e. The maximum atomic E-state index is 11.6. The number of amides is 1. The van der Waals surface area contributed by atoms with Gasteiger partial charge in [0.2, 0.25) is 5.91 Å². The van der Waals surface area contributed by atoms with Crippen LogP contribution < -0.4 is 0 Å². The summed E-state index contributed by atoms with van der Waals surface area (Å²) in [5, 5.41) is 8.62. The van der Waals surface area contributed by atoms with E-state index in [1.165, 1.54) is 0 Å². The van der Waals surface area contributed by atoms with Crippen molar-refractivity contribution >= 4 is 17.5 Å². The molecule has 0 bridgehead atoms. The van der Waals surface area contributed by atoms with Gasteiger partial charge in [0.15, 0.2) is 0 Å². The van der Waals surface area contributed by atoms with Gasteiger partial charge in [0.1, 0.15) is 0 Å². The van der Waals surface area contributed by atoms with Crippen LogP contribution >= 0.6 is 11.6 Å². The second kappa shape index (κ2) is 5.21. The molecule has 1 aliphatic rings. The fourth-order valence-corrected chi connectivity index (χ4v) is 2.05. The van der Waals surface area contributed by atoms with Gasteiger partial charge in [-0.1, -0.05) is 6.92 Å². The number of rotatable bonds is 4. The van der Waals surface area contributed by atoms with E-state index in [9.17, 15) is 4.79 Å². The quantitative estimate of drug-likeness (QED) is 0.670. The molecule has 1 heterocycles. The largest absolute Gasteiger partial charge is 0.338 e. The summed E-state index contributed by atoms with van der Waals surface area (Å²) in [6.45, 7) is 2.73. The SMILES string of the molecule is CCC(CC#N)N1CC(CCl)CC1=O. The zero-order valence-electron chi connectivity index (χ0n) is 8.37. The first-order valence-electron chi connectivity index (χ1n) is 4.95. The minimum absolute atomic E-state index is 0.0840. The summed E-state index contributed by atoms with van der Waals surface area (Å²) >= 11 is 5.72. The van der Waals surface area contributed by atoms with Gasteiger partial charge in [-0.3, -0.25) is 4.79 Å². The molecule has 0 aromatic heterocycles. The normalized spacial score (nSPS) is 23.6. The Morgan fingerprint density at radius 1 is 1.79 bits per heavy atom. The lowest BCUT2D eigenvalue weighted by Crippen LogP contribution is -2.36. The molecule has 3 nitrogen and oxygen atoms in total.